The molecule has 0 aromatic carbocycles. The summed E-state index contributed by atoms with van der Waals surface area (Å²) in [6.07, 6.45) is 6.93. The largest absolute Gasteiger partial charge is 0.369 e. The van der Waals surface area contributed by atoms with Gasteiger partial charge in [0, 0.05) is 12.6 Å². The maximum Gasteiger partial charge on any atom is 0.222 e. The number of amides is 1. The molecular weight excluding hydrogens is 266 g/mol. The first-order valence-corrected chi connectivity index (χ1v) is 7.97. The average Bonchev–Trinajstić information content (AvgIpc) is 2.71. The monoisotopic (exact) mass is 293 g/mol. The Hall–Kier alpha value is -1.43. The number of nitrogens with zero attached hydrogens (tertiary/aromatic N) is 3. The Morgan fingerprint density at radius 3 is 2.90 bits per heavy atom. The Balaban J connectivity index is 1.97. The quantitative estimate of drug-likeness (QED) is 0.777. The number of nitrogens with two attached hydrogens (primary N) is 1. The van der Waals surface area contributed by atoms with Gasteiger partial charge in [-0.05, 0) is 18.8 Å². The number of carbonyl (C=O) groups excluding carboxylic acids is 1. The van der Waals surface area contributed by atoms with E-state index in [-0.39, 0.29) is 17.9 Å². The molecule has 1 aliphatic rings. The summed E-state index contributed by atoms with van der Waals surface area (Å²) in [5, 5.41) is 7.75. The van der Waals surface area contributed by atoms with E-state index in [1.54, 1.807) is 6.33 Å². The number of rotatable bonds is 6. The van der Waals surface area contributed by atoms with Crippen LogP contribution in [0, 0.1) is 11.8 Å². The molecule has 1 aromatic heterocycles. The molecule has 0 unspecified atom stereocenters. The molecule has 1 aromatic rings. The molecule has 1 heterocycles. The Bertz CT molecular complexity index is 457. The molecule has 6 heteroatoms. The highest BCUT2D eigenvalue weighted by atomic mass is 16.1. The van der Waals surface area contributed by atoms with E-state index in [1.807, 2.05) is 4.68 Å². The van der Waals surface area contributed by atoms with E-state index in [2.05, 4.69) is 29.2 Å². The third-order valence-electron chi connectivity index (χ3n) is 4.14. The van der Waals surface area contributed by atoms with Crippen molar-refractivity contribution in [3.63, 3.8) is 0 Å². The molecule has 1 aliphatic carbocycles. The molecule has 2 atom stereocenters. The number of hydrogen-bond acceptors (Lipinski definition) is 4. The topological polar surface area (TPSA) is 85.8 Å². The van der Waals surface area contributed by atoms with Crippen molar-refractivity contribution < 1.29 is 4.79 Å². The first kappa shape index (κ1) is 15.9. The van der Waals surface area contributed by atoms with Crippen molar-refractivity contribution in [2.75, 3.05) is 0 Å². The Kier molecular flexibility index (Phi) is 5.73. The highest BCUT2D eigenvalue weighted by Gasteiger charge is 2.27. The second-order valence-corrected chi connectivity index (χ2v) is 6.39. The third kappa shape index (κ3) is 4.52. The summed E-state index contributed by atoms with van der Waals surface area (Å²) in [7, 11) is 0. The second kappa shape index (κ2) is 7.54. The Morgan fingerprint density at radius 2 is 2.19 bits per heavy atom. The molecule has 21 heavy (non-hydrogen) atoms. The van der Waals surface area contributed by atoms with Crippen LogP contribution in [0.15, 0.2) is 6.33 Å². The van der Waals surface area contributed by atoms with Crippen molar-refractivity contribution in [1.29, 1.82) is 0 Å². The lowest BCUT2D eigenvalue weighted by atomic mass is 9.94. The van der Waals surface area contributed by atoms with Crippen molar-refractivity contribution in [2.45, 2.75) is 65.1 Å². The molecule has 6 nitrogen and oxygen atoms in total. The van der Waals surface area contributed by atoms with E-state index in [9.17, 15) is 4.79 Å². The van der Waals surface area contributed by atoms with Crippen LogP contribution in [0.4, 0.5) is 0 Å². The van der Waals surface area contributed by atoms with E-state index in [0.717, 1.165) is 38.1 Å². The van der Waals surface area contributed by atoms with Crippen molar-refractivity contribution in [3.05, 3.63) is 12.2 Å². The maximum atomic E-state index is 11.6. The van der Waals surface area contributed by atoms with Crippen LogP contribution < -0.4 is 11.1 Å². The summed E-state index contributed by atoms with van der Waals surface area (Å²) >= 11 is 0. The Morgan fingerprint density at radius 1 is 1.43 bits per heavy atom. The lowest BCUT2D eigenvalue weighted by Gasteiger charge is -2.23. The summed E-state index contributed by atoms with van der Waals surface area (Å²) in [6.45, 7) is 5.82. The fraction of sp³-hybridized carbons (Fsp3) is 0.800. The first-order valence-electron chi connectivity index (χ1n) is 7.97. The van der Waals surface area contributed by atoms with Gasteiger partial charge in [-0.2, -0.15) is 5.10 Å². The van der Waals surface area contributed by atoms with Gasteiger partial charge in [0.15, 0.2) is 0 Å². The number of carbonyl (C=O) groups is 1. The van der Waals surface area contributed by atoms with E-state index in [1.165, 1.54) is 6.42 Å². The van der Waals surface area contributed by atoms with Crippen molar-refractivity contribution in [1.82, 2.24) is 20.1 Å². The lowest BCUT2D eigenvalue weighted by molar-refractivity contribution is -0.122. The van der Waals surface area contributed by atoms with Gasteiger partial charge >= 0.3 is 0 Å². The molecule has 1 saturated carbocycles. The van der Waals surface area contributed by atoms with Gasteiger partial charge in [-0.25, -0.2) is 9.67 Å². The predicted octanol–water partition coefficient (Wildman–Crippen LogP) is 1.46. The maximum absolute atomic E-state index is 11.6. The van der Waals surface area contributed by atoms with Gasteiger partial charge in [-0.3, -0.25) is 4.79 Å². The molecule has 0 aliphatic heterocycles. The number of aromatic nitrogens is 3. The van der Waals surface area contributed by atoms with Gasteiger partial charge in [0.2, 0.25) is 5.91 Å². The zero-order chi connectivity index (χ0) is 15.2. The van der Waals surface area contributed by atoms with Crippen molar-refractivity contribution >= 4 is 5.91 Å². The minimum atomic E-state index is -0.182. The molecule has 1 fully saturated rings. The lowest BCUT2D eigenvalue weighted by Crippen LogP contribution is -2.42. The smallest absolute Gasteiger partial charge is 0.222 e. The highest BCUT2D eigenvalue weighted by Crippen LogP contribution is 2.23. The normalized spacial score (nSPS) is 23.2. The summed E-state index contributed by atoms with van der Waals surface area (Å²) in [5.74, 6) is 1.21. The predicted molar refractivity (Wildman–Crippen MR) is 81.3 cm³/mol. The molecule has 0 bridgehead atoms. The van der Waals surface area contributed by atoms with E-state index in [4.69, 9.17) is 5.73 Å². The SMILES string of the molecule is CC(C)Cn1ncnc1CN[C@@H]1CCCCC[C@H]1C(N)=O. The van der Waals surface area contributed by atoms with Gasteiger partial charge < -0.3 is 11.1 Å². The Labute approximate surface area is 126 Å². The number of primary amides is 1. The first-order chi connectivity index (χ1) is 10.1. The van der Waals surface area contributed by atoms with Crippen LogP contribution in [0.3, 0.4) is 0 Å². The summed E-state index contributed by atoms with van der Waals surface area (Å²) in [4.78, 5) is 16.0. The molecule has 1 amide bonds. The van der Waals surface area contributed by atoms with E-state index < -0.39 is 0 Å². The van der Waals surface area contributed by atoms with Gasteiger partial charge in [0.1, 0.15) is 12.2 Å². The fourth-order valence-electron chi connectivity index (χ4n) is 3.04. The molecule has 118 valence electrons. The summed E-state index contributed by atoms with van der Waals surface area (Å²) in [5.41, 5.74) is 5.56. The van der Waals surface area contributed by atoms with Crippen LogP contribution >= 0.6 is 0 Å². The molecule has 2 rings (SSSR count). The zero-order valence-electron chi connectivity index (χ0n) is 13.1. The standard InChI is InChI=1S/C15H27N5O/c1-11(2)9-20-14(18-10-19-20)8-17-13-7-5-3-4-6-12(13)15(16)21/h10-13,17H,3-9H2,1-2H3,(H2,16,21)/t12-,13-/m1/s1. The molecule has 0 saturated heterocycles. The van der Waals surface area contributed by atoms with E-state index in [0.29, 0.717) is 12.5 Å². The fourth-order valence-corrected chi connectivity index (χ4v) is 3.04. The summed E-state index contributed by atoms with van der Waals surface area (Å²) in [6, 6.07) is 0.161. The van der Waals surface area contributed by atoms with Gasteiger partial charge in [0.05, 0.1) is 12.5 Å². The summed E-state index contributed by atoms with van der Waals surface area (Å²) < 4.78 is 1.94. The van der Waals surface area contributed by atoms with Gasteiger partial charge in [-0.1, -0.05) is 33.1 Å². The second-order valence-electron chi connectivity index (χ2n) is 6.39. The van der Waals surface area contributed by atoms with Crippen LogP contribution in [-0.4, -0.2) is 26.7 Å². The van der Waals surface area contributed by atoms with Crippen LogP contribution in [0.5, 0.6) is 0 Å². The number of nitrogens with one attached hydrogen (secondary N) is 1. The van der Waals surface area contributed by atoms with Crippen molar-refractivity contribution in [3.8, 4) is 0 Å². The molecule has 0 radical (unpaired) electrons. The highest BCUT2D eigenvalue weighted by molar-refractivity contribution is 5.77. The van der Waals surface area contributed by atoms with Gasteiger partial charge in [-0.15, -0.1) is 0 Å². The number of hydrogen-bond donors (Lipinski definition) is 2. The van der Waals surface area contributed by atoms with Crippen molar-refractivity contribution in [2.24, 2.45) is 17.6 Å². The zero-order valence-corrected chi connectivity index (χ0v) is 13.1. The molecule has 3 N–H and O–H groups in total. The van der Waals surface area contributed by atoms with Crippen LogP contribution in [0.25, 0.3) is 0 Å². The molecule has 0 spiro atoms. The third-order valence-corrected chi connectivity index (χ3v) is 4.14. The molecular formula is C15H27N5O. The van der Waals surface area contributed by atoms with Crippen LogP contribution in [-0.2, 0) is 17.9 Å². The van der Waals surface area contributed by atoms with E-state index >= 15 is 0 Å². The minimum Gasteiger partial charge on any atom is -0.369 e. The van der Waals surface area contributed by atoms with Crippen LogP contribution in [0.2, 0.25) is 0 Å². The average molecular weight is 293 g/mol. The van der Waals surface area contributed by atoms with Gasteiger partial charge in [0.25, 0.3) is 0 Å². The minimum absolute atomic E-state index is 0.0611. The van der Waals surface area contributed by atoms with Crippen LogP contribution in [0.1, 0.15) is 51.8 Å².